The van der Waals surface area contributed by atoms with E-state index in [9.17, 15) is 24.3 Å². The SMILES string of the molecule is CCCCOC(=O)N1CCN(C(=O)C(CCC(=O)OC(C)(C)C)NC(=O)c2cc([C@H]3C[C@@H]3CO)nc(-c3ccccc3)n2)CC1. The number of carbonyl (C=O) groups excluding carboxylic acids is 4. The Bertz CT molecular complexity index is 1340. The average Bonchev–Trinajstić information content (AvgIpc) is 3.82. The van der Waals surface area contributed by atoms with Crippen molar-refractivity contribution in [2.24, 2.45) is 5.92 Å². The van der Waals surface area contributed by atoms with Crippen LogP contribution < -0.4 is 5.32 Å². The molecule has 0 bridgehead atoms. The number of rotatable bonds is 12. The van der Waals surface area contributed by atoms with E-state index in [1.807, 2.05) is 37.3 Å². The van der Waals surface area contributed by atoms with E-state index < -0.39 is 29.6 Å². The smallest absolute Gasteiger partial charge is 0.409 e. The summed E-state index contributed by atoms with van der Waals surface area (Å²) in [7, 11) is 0. The average molecular weight is 624 g/mol. The first kappa shape index (κ1) is 33.8. The number of esters is 1. The lowest BCUT2D eigenvalue weighted by atomic mass is 10.1. The van der Waals surface area contributed by atoms with Crippen LogP contribution in [0.5, 0.6) is 0 Å². The third kappa shape index (κ3) is 9.71. The monoisotopic (exact) mass is 623 g/mol. The van der Waals surface area contributed by atoms with Crippen LogP contribution in [0.3, 0.4) is 0 Å². The number of ether oxygens (including phenoxy) is 2. The van der Waals surface area contributed by atoms with Gasteiger partial charge in [0.2, 0.25) is 5.91 Å². The number of hydrogen-bond acceptors (Lipinski definition) is 9. The predicted octanol–water partition coefficient (Wildman–Crippen LogP) is 3.54. The normalized spacial score (nSPS) is 18.6. The standard InChI is InChI=1S/C33H45N5O7/c1-5-6-18-44-32(43)38-16-14-37(15-17-38)31(42)25(12-13-28(40)45-33(2,3)4)36-30(41)27-20-26(24-19-23(24)21-39)34-29(35-27)22-10-8-7-9-11-22/h7-11,20,23-25,39H,5-6,12-19,21H2,1-4H3,(H,36,41)/t23-,24+,25?/m1/s1. The summed E-state index contributed by atoms with van der Waals surface area (Å²) < 4.78 is 10.7. The number of benzene rings is 1. The molecule has 3 atom stereocenters. The van der Waals surface area contributed by atoms with Gasteiger partial charge in [-0.15, -0.1) is 0 Å². The first-order valence-electron chi connectivity index (χ1n) is 15.8. The van der Waals surface area contributed by atoms with Crippen molar-refractivity contribution in [3.05, 3.63) is 47.8 Å². The van der Waals surface area contributed by atoms with Crippen molar-refractivity contribution < 1.29 is 33.8 Å². The number of unbranched alkanes of at least 4 members (excludes halogenated alkanes) is 1. The molecule has 244 valence electrons. The highest BCUT2D eigenvalue weighted by Crippen LogP contribution is 2.46. The summed E-state index contributed by atoms with van der Waals surface area (Å²) in [6, 6.07) is 9.87. The number of aliphatic hydroxyl groups excluding tert-OH is 1. The van der Waals surface area contributed by atoms with E-state index in [1.165, 1.54) is 0 Å². The highest BCUT2D eigenvalue weighted by atomic mass is 16.6. The van der Waals surface area contributed by atoms with E-state index >= 15 is 0 Å². The third-order valence-electron chi connectivity index (χ3n) is 7.78. The number of nitrogens with one attached hydrogen (secondary N) is 1. The minimum atomic E-state index is -1.03. The predicted molar refractivity (Wildman–Crippen MR) is 166 cm³/mol. The van der Waals surface area contributed by atoms with Crippen LogP contribution in [0.1, 0.15) is 81.9 Å². The number of aliphatic hydroxyl groups is 1. The lowest BCUT2D eigenvalue weighted by Crippen LogP contribution is -2.56. The molecule has 3 amide bonds. The Balaban J connectivity index is 1.51. The number of amides is 3. The summed E-state index contributed by atoms with van der Waals surface area (Å²) in [5.74, 6) is -0.940. The van der Waals surface area contributed by atoms with Crippen molar-refractivity contribution in [2.45, 2.75) is 77.4 Å². The van der Waals surface area contributed by atoms with Gasteiger partial charge in [0.25, 0.3) is 5.91 Å². The van der Waals surface area contributed by atoms with Crippen LogP contribution in [-0.4, -0.2) is 99.8 Å². The molecule has 1 aliphatic carbocycles. The molecule has 1 aliphatic heterocycles. The quantitative estimate of drug-likeness (QED) is 0.267. The largest absolute Gasteiger partial charge is 0.460 e. The topological polar surface area (TPSA) is 151 Å². The molecule has 2 aromatic rings. The van der Waals surface area contributed by atoms with Gasteiger partial charge in [0.1, 0.15) is 17.3 Å². The second-order valence-electron chi connectivity index (χ2n) is 12.6. The fourth-order valence-electron chi connectivity index (χ4n) is 5.17. The lowest BCUT2D eigenvalue weighted by Gasteiger charge is -2.36. The second kappa shape index (κ2) is 15.3. The highest BCUT2D eigenvalue weighted by molar-refractivity contribution is 5.96. The Kier molecular flexibility index (Phi) is 11.5. The highest BCUT2D eigenvalue weighted by Gasteiger charge is 2.40. The Hall–Kier alpha value is -4.06. The van der Waals surface area contributed by atoms with E-state index in [0.29, 0.717) is 31.2 Å². The van der Waals surface area contributed by atoms with Gasteiger partial charge in [0, 0.05) is 56.4 Å². The van der Waals surface area contributed by atoms with Crippen molar-refractivity contribution in [3.63, 3.8) is 0 Å². The molecule has 0 radical (unpaired) electrons. The Morgan fingerprint density at radius 1 is 1.04 bits per heavy atom. The maximum Gasteiger partial charge on any atom is 0.409 e. The Morgan fingerprint density at radius 2 is 1.73 bits per heavy atom. The van der Waals surface area contributed by atoms with E-state index in [4.69, 9.17) is 14.5 Å². The van der Waals surface area contributed by atoms with Gasteiger partial charge in [-0.1, -0.05) is 43.7 Å². The lowest BCUT2D eigenvalue weighted by molar-refractivity contribution is -0.155. The van der Waals surface area contributed by atoms with E-state index in [1.54, 1.807) is 36.6 Å². The number of piperazine rings is 1. The summed E-state index contributed by atoms with van der Waals surface area (Å²) in [6.45, 7) is 8.82. The maximum atomic E-state index is 13.8. The molecule has 1 saturated carbocycles. The number of carbonyl (C=O) groups is 4. The van der Waals surface area contributed by atoms with Gasteiger partial charge < -0.3 is 29.7 Å². The van der Waals surface area contributed by atoms with Crippen LogP contribution in [0.4, 0.5) is 4.79 Å². The van der Waals surface area contributed by atoms with Crippen LogP contribution in [0, 0.1) is 5.92 Å². The van der Waals surface area contributed by atoms with Crippen LogP contribution in [0.25, 0.3) is 11.4 Å². The summed E-state index contributed by atoms with van der Waals surface area (Å²) in [5.41, 5.74) is 0.796. The minimum absolute atomic E-state index is 0.0153. The molecule has 1 aromatic heterocycles. The van der Waals surface area contributed by atoms with Gasteiger partial charge in [-0.3, -0.25) is 14.4 Å². The summed E-state index contributed by atoms with van der Waals surface area (Å²) in [4.78, 5) is 64.8. The molecular formula is C33H45N5O7. The van der Waals surface area contributed by atoms with Gasteiger partial charge in [0.15, 0.2) is 5.82 Å². The zero-order valence-electron chi connectivity index (χ0n) is 26.7. The van der Waals surface area contributed by atoms with E-state index in [-0.39, 0.29) is 56.0 Å². The first-order valence-corrected chi connectivity index (χ1v) is 15.8. The van der Waals surface area contributed by atoms with Crippen LogP contribution in [0.15, 0.2) is 36.4 Å². The van der Waals surface area contributed by atoms with Gasteiger partial charge >= 0.3 is 12.1 Å². The molecule has 0 spiro atoms. The number of aromatic nitrogens is 2. The fourth-order valence-corrected chi connectivity index (χ4v) is 5.17. The third-order valence-corrected chi connectivity index (χ3v) is 7.78. The van der Waals surface area contributed by atoms with Crippen molar-refractivity contribution >= 4 is 23.9 Å². The van der Waals surface area contributed by atoms with Gasteiger partial charge in [-0.05, 0) is 52.0 Å². The van der Waals surface area contributed by atoms with Crippen LogP contribution in [0.2, 0.25) is 0 Å². The molecule has 12 nitrogen and oxygen atoms in total. The molecule has 4 rings (SSSR count). The minimum Gasteiger partial charge on any atom is -0.460 e. The summed E-state index contributed by atoms with van der Waals surface area (Å²) >= 11 is 0. The van der Waals surface area contributed by atoms with Gasteiger partial charge in [-0.2, -0.15) is 0 Å². The van der Waals surface area contributed by atoms with Gasteiger partial charge in [-0.25, -0.2) is 14.8 Å². The fraction of sp³-hybridized carbons (Fsp3) is 0.576. The van der Waals surface area contributed by atoms with Gasteiger partial charge in [0.05, 0.1) is 6.61 Å². The van der Waals surface area contributed by atoms with E-state index in [0.717, 1.165) is 24.8 Å². The maximum absolute atomic E-state index is 13.8. The van der Waals surface area contributed by atoms with Crippen LogP contribution in [-0.2, 0) is 19.1 Å². The molecule has 45 heavy (non-hydrogen) atoms. The second-order valence-corrected chi connectivity index (χ2v) is 12.6. The first-order chi connectivity index (χ1) is 21.5. The van der Waals surface area contributed by atoms with Crippen molar-refractivity contribution in [2.75, 3.05) is 39.4 Å². The number of hydrogen-bond donors (Lipinski definition) is 2. The molecule has 2 aliphatic rings. The molecule has 12 heteroatoms. The molecular weight excluding hydrogens is 578 g/mol. The van der Waals surface area contributed by atoms with Crippen molar-refractivity contribution in [1.82, 2.24) is 25.1 Å². The summed E-state index contributed by atoms with van der Waals surface area (Å²) in [6.07, 6.45) is 2.00. The molecule has 2 fully saturated rings. The Labute approximate surface area is 264 Å². The molecule has 2 N–H and O–H groups in total. The molecule has 2 heterocycles. The summed E-state index contributed by atoms with van der Waals surface area (Å²) in [5, 5.41) is 12.5. The molecule has 1 aromatic carbocycles. The Morgan fingerprint density at radius 3 is 2.36 bits per heavy atom. The molecule has 1 unspecified atom stereocenters. The van der Waals surface area contributed by atoms with Crippen LogP contribution >= 0.6 is 0 Å². The van der Waals surface area contributed by atoms with E-state index in [2.05, 4.69) is 10.3 Å². The number of nitrogens with zero attached hydrogens (tertiary/aromatic N) is 4. The van der Waals surface area contributed by atoms with Crippen molar-refractivity contribution in [1.29, 1.82) is 0 Å². The zero-order valence-corrected chi connectivity index (χ0v) is 26.7. The zero-order chi connectivity index (χ0) is 32.6. The molecule has 1 saturated heterocycles. The van der Waals surface area contributed by atoms with Crippen molar-refractivity contribution in [3.8, 4) is 11.4 Å².